The number of anilines is 2. The Kier molecular flexibility index (Phi) is 6.83. The van der Waals surface area contributed by atoms with Gasteiger partial charge in [0.2, 0.25) is 5.91 Å². The summed E-state index contributed by atoms with van der Waals surface area (Å²) in [5.74, 6) is 0.989. The molecule has 1 fully saturated rings. The zero-order valence-corrected chi connectivity index (χ0v) is 19.3. The maximum atomic E-state index is 12.7. The van der Waals surface area contributed by atoms with E-state index in [1.807, 2.05) is 36.4 Å². The fraction of sp³-hybridized carbons (Fsp3) is 0.348. The summed E-state index contributed by atoms with van der Waals surface area (Å²) < 4.78 is 2.05. The van der Waals surface area contributed by atoms with Gasteiger partial charge in [-0.3, -0.25) is 4.79 Å². The molecule has 8 heteroatoms. The number of benzene rings is 2. The Morgan fingerprint density at radius 1 is 1.16 bits per heavy atom. The van der Waals surface area contributed by atoms with Crippen LogP contribution in [0, 0.1) is 6.92 Å². The Morgan fingerprint density at radius 2 is 1.94 bits per heavy atom. The number of nitrogens with one attached hydrogen (secondary N) is 1. The monoisotopic (exact) mass is 455 g/mol. The molecule has 162 valence electrons. The minimum atomic E-state index is -0.0872. The van der Waals surface area contributed by atoms with Crippen molar-refractivity contribution in [1.82, 2.24) is 14.8 Å². The Bertz CT molecular complexity index is 1080. The highest BCUT2D eigenvalue weighted by molar-refractivity contribution is 7.99. The Hall–Kier alpha value is -2.51. The van der Waals surface area contributed by atoms with Crippen molar-refractivity contribution in [1.29, 1.82) is 0 Å². The third kappa shape index (κ3) is 4.88. The van der Waals surface area contributed by atoms with Crippen LogP contribution in [0.25, 0.3) is 11.4 Å². The minimum Gasteiger partial charge on any atom is -0.370 e. The molecule has 1 amide bonds. The van der Waals surface area contributed by atoms with Gasteiger partial charge < -0.3 is 14.8 Å². The van der Waals surface area contributed by atoms with Crippen LogP contribution in [0.1, 0.15) is 25.3 Å². The first kappa shape index (κ1) is 21.7. The van der Waals surface area contributed by atoms with Gasteiger partial charge in [0.05, 0.1) is 17.1 Å². The summed E-state index contributed by atoms with van der Waals surface area (Å²) in [7, 11) is 0. The number of rotatable bonds is 7. The van der Waals surface area contributed by atoms with E-state index in [4.69, 9.17) is 11.6 Å². The first-order valence-corrected chi connectivity index (χ1v) is 11.9. The van der Waals surface area contributed by atoms with Crippen molar-refractivity contribution in [2.75, 3.05) is 29.1 Å². The van der Waals surface area contributed by atoms with E-state index in [-0.39, 0.29) is 11.7 Å². The van der Waals surface area contributed by atoms with E-state index in [0.29, 0.717) is 5.02 Å². The summed E-state index contributed by atoms with van der Waals surface area (Å²) in [6.07, 6.45) is 2.34. The third-order valence-electron chi connectivity index (χ3n) is 5.43. The second-order valence-electron chi connectivity index (χ2n) is 7.56. The molecule has 0 unspecified atom stereocenters. The van der Waals surface area contributed by atoms with Gasteiger partial charge in [-0.1, -0.05) is 47.6 Å². The molecular weight excluding hydrogens is 430 g/mol. The van der Waals surface area contributed by atoms with E-state index < -0.39 is 0 Å². The molecule has 1 aromatic heterocycles. The zero-order chi connectivity index (χ0) is 21.8. The quantitative estimate of drug-likeness (QED) is 0.492. The van der Waals surface area contributed by atoms with Crippen LogP contribution < -0.4 is 10.2 Å². The lowest BCUT2D eigenvalue weighted by Gasteiger charge is -2.21. The van der Waals surface area contributed by atoms with Crippen molar-refractivity contribution >= 4 is 40.6 Å². The topological polar surface area (TPSA) is 63.1 Å². The molecule has 2 aromatic carbocycles. The summed E-state index contributed by atoms with van der Waals surface area (Å²) in [4.78, 5) is 15.0. The lowest BCUT2D eigenvalue weighted by atomic mass is 10.1. The Labute approximate surface area is 192 Å². The minimum absolute atomic E-state index is 0.0872. The molecule has 4 rings (SSSR count). The smallest absolute Gasteiger partial charge is 0.234 e. The average Bonchev–Trinajstić information content (AvgIpc) is 3.42. The number of halogens is 1. The van der Waals surface area contributed by atoms with Gasteiger partial charge in [0.1, 0.15) is 0 Å². The molecule has 0 radical (unpaired) electrons. The molecule has 0 aliphatic carbocycles. The highest BCUT2D eigenvalue weighted by Gasteiger charge is 2.19. The largest absolute Gasteiger partial charge is 0.370 e. The van der Waals surface area contributed by atoms with Crippen molar-refractivity contribution in [2.24, 2.45) is 0 Å². The highest BCUT2D eigenvalue weighted by Crippen LogP contribution is 2.32. The summed E-state index contributed by atoms with van der Waals surface area (Å²) in [6, 6.07) is 13.8. The van der Waals surface area contributed by atoms with Crippen LogP contribution in [0.2, 0.25) is 5.02 Å². The van der Waals surface area contributed by atoms with Gasteiger partial charge in [0, 0.05) is 30.2 Å². The van der Waals surface area contributed by atoms with Crippen molar-refractivity contribution in [2.45, 2.75) is 38.4 Å². The van der Waals surface area contributed by atoms with Crippen molar-refractivity contribution in [3.63, 3.8) is 0 Å². The van der Waals surface area contributed by atoms with E-state index in [1.54, 1.807) is 0 Å². The van der Waals surface area contributed by atoms with E-state index in [9.17, 15) is 4.79 Å². The van der Waals surface area contributed by atoms with Crippen LogP contribution in [0.5, 0.6) is 0 Å². The molecule has 0 atom stereocenters. The number of nitrogens with zero attached hydrogens (tertiary/aromatic N) is 4. The molecule has 0 bridgehead atoms. The average molecular weight is 456 g/mol. The maximum absolute atomic E-state index is 12.7. The second-order valence-corrected chi connectivity index (χ2v) is 8.94. The van der Waals surface area contributed by atoms with Gasteiger partial charge in [0.15, 0.2) is 11.0 Å². The van der Waals surface area contributed by atoms with Crippen LogP contribution in [-0.2, 0) is 11.3 Å². The van der Waals surface area contributed by atoms with Crippen molar-refractivity contribution in [3.8, 4) is 11.4 Å². The van der Waals surface area contributed by atoms with E-state index in [0.717, 1.165) is 53.1 Å². The van der Waals surface area contributed by atoms with Crippen molar-refractivity contribution < 1.29 is 4.79 Å². The van der Waals surface area contributed by atoms with E-state index >= 15 is 0 Å². The number of aryl methyl sites for hydroxylation is 1. The van der Waals surface area contributed by atoms with Gasteiger partial charge in [-0.2, -0.15) is 0 Å². The van der Waals surface area contributed by atoms with E-state index in [2.05, 4.69) is 44.9 Å². The van der Waals surface area contributed by atoms with Gasteiger partial charge in [-0.25, -0.2) is 0 Å². The predicted octanol–water partition coefficient (Wildman–Crippen LogP) is 5.26. The van der Waals surface area contributed by atoms with Gasteiger partial charge >= 0.3 is 0 Å². The summed E-state index contributed by atoms with van der Waals surface area (Å²) in [5, 5.41) is 13.1. The summed E-state index contributed by atoms with van der Waals surface area (Å²) >= 11 is 7.59. The molecule has 31 heavy (non-hydrogen) atoms. The van der Waals surface area contributed by atoms with Gasteiger partial charge in [-0.15, -0.1) is 10.2 Å². The van der Waals surface area contributed by atoms with E-state index in [1.165, 1.54) is 24.6 Å². The SMILES string of the molecule is CCn1c(SCC(=O)Nc2cc(Cl)ccc2N2CCCC2)nnc1-c1ccccc1C. The maximum Gasteiger partial charge on any atom is 0.234 e. The van der Waals surface area contributed by atoms with Crippen LogP contribution in [-0.4, -0.2) is 39.5 Å². The van der Waals surface area contributed by atoms with Gasteiger partial charge in [-0.05, 0) is 50.5 Å². The molecule has 1 saturated heterocycles. The van der Waals surface area contributed by atoms with Gasteiger partial charge in [0.25, 0.3) is 0 Å². The molecule has 1 N–H and O–H groups in total. The number of carbonyl (C=O) groups is 1. The molecule has 2 heterocycles. The first-order valence-electron chi connectivity index (χ1n) is 10.5. The fourth-order valence-corrected chi connectivity index (χ4v) is 4.84. The number of amides is 1. The second kappa shape index (κ2) is 9.75. The Morgan fingerprint density at radius 3 is 2.68 bits per heavy atom. The molecule has 1 aliphatic rings. The predicted molar refractivity (Wildman–Crippen MR) is 128 cm³/mol. The lowest BCUT2D eigenvalue weighted by Crippen LogP contribution is -2.22. The number of hydrogen-bond acceptors (Lipinski definition) is 5. The highest BCUT2D eigenvalue weighted by atomic mass is 35.5. The molecule has 1 aliphatic heterocycles. The molecular formula is C23H26ClN5OS. The van der Waals surface area contributed by atoms with Crippen molar-refractivity contribution in [3.05, 3.63) is 53.1 Å². The third-order valence-corrected chi connectivity index (χ3v) is 6.63. The fourth-order valence-electron chi connectivity index (χ4n) is 3.86. The Balaban J connectivity index is 1.47. The molecule has 0 saturated carbocycles. The van der Waals surface area contributed by atoms with Crippen LogP contribution >= 0.6 is 23.4 Å². The number of aromatic nitrogens is 3. The molecule has 6 nitrogen and oxygen atoms in total. The van der Waals surface area contributed by atoms with Crippen LogP contribution in [0.4, 0.5) is 11.4 Å². The van der Waals surface area contributed by atoms with Crippen LogP contribution in [0.3, 0.4) is 0 Å². The number of hydrogen-bond donors (Lipinski definition) is 1. The number of carbonyl (C=O) groups excluding carboxylic acids is 1. The molecule has 3 aromatic rings. The number of thioether (sulfide) groups is 1. The lowest BCUT2D eigenvalue weighted by molar-refractivity contribution is -0.113. The normalized spacial score (nSPS) is 13.6. The standard InChI is InChI=1S/C23H26ClN5OS/c1-3-29-22(18-9-5-4-8-16(18)2)26-27-23(29)31-15-21(30)25-19-14-17(24)10-11-20(19)28-12-6-7-13-28/h4-5,8-11,14H,3,6-7,12-13,15H2,1-2H3,(H,25,30). The van der Waals surface area contributed by atoms with Crippen LogP contribution in [0.15, 0.2) is 47.6 Å². The first-order chi connectivity index (χ1) is 15.1. The summed E-state index contributed by atoms with van der Waals surface area (Å²) in [5.41, 5.74) is 3.99. The molecule has 0 spiro atoms. The summed E-state index contributed by atoms with van der Waals surface area (Å²) in [6.45, 7) is 6.85. The zero-order valence-electron chi connectivity index (χ0n) is 17.8.